The van der Waals surface area contributed by atoms with Gasteiger partial charge >= 0.3 is 0 Å². The van der Waals surface area contributed by atoms with Gasteiger partial charge in [0, 0.05) is 40.3 Å². The lowest BCUT2D eigenvalue weighted by Crippen LogP contribution is -2.28. The van der Waals surface area contributed by atoms with Crippen molar-refractivity contribution in [3.05, 3.63) is 28.3 Å². The van der Waals surface area contributed by atoms with E-state index < -0.39 is 14.9 Å². The van der Waals surface area contributed by atoms with Gasteiger partial charge in [-0.3, -0.25) is 10.1 Å². The first-order valence-corrected chi connectivity index (χ1v) is 7.72. The topological polar surface area (TPSA) is 95.8 Å². The van der Waals surface area contributed by atoms with Gasteiger partial charge in [0.2, 0.25) is 10.0 Å². The van der Waals surface area contributed by atoms with Gasteiger partial charge < -0.3 is 10.2 Å². The minimum Gasteiger partial charge on any atom is -0.368 e. The molecule has 0 bridgehead atoms. The van der Waals surface area contributed by atoms with Gasteiger partial charge in [-0.05, 0) is 19.2 Å². The molecule has 0 radical (unpaired) electrons. The number of likely N-dealkylation sites (N-methyl/N-ethyl adjacent to an activating group) is 2. The van der Waals surface area contributed by atoms with E-state index in [1.807, 2.05) is 0 Å². The number of nitro benzene ring substituents is 1. The molecule has 1 aromatic rings. The molecule has 0 aliphatic heterocycles. The van der Waals surface area contributed by atoms with E-state index in [1.165, 1.54) is 26.2 Å². The Hall–Kier alpha value is -1.71. The van der Waals surface area contributed by atoms with Crippen molar-refractivity contribution in [2.24, 2.45) is 0 Å². The van der Waals surface area contributed by atoms with Crippen LogP contribution in [0.15, 0.2) is 23.1 Å². The Kier molecular flexibility index (Phi) is 5.64. The Bertz CT molecular complexity index is 616. The number of benzene rings is 1. The molecule has 118 valence electrons. The highest BCUT2D eigenvalue weighted by Crippen LogP contribution is 2.30. The first-order chi connectivity index (χ1) is 9.71. The third-order valence-corrected chi connectivity index (χ3v) is 4.84. The van der Waals surface area contributed by atoms with Gasteiger partial charge in [-0.15, -0.1) is 0 Å². The van der Waals surface area contributed by atoms with E-state index in [4.69, 9.17) is 0 Å². The number of nitro groups is 1. The van der Waals surface area contributed by atoms with Crippen molar-refractivity contribution >= 4 is 21.4 Å². The van der Waals surface area contributed by atoms with Crippen LogP contribution in [0, 0.1) is 10.1 Å². The molecule has 8 nitrogen and oxygen atoms in total. The molecular weight excluding hydrogens is 296 g/mol. The highest BCUT2D eigenvalue weighted by Gasteiger charge is 2.24. The maximum Gasteiger partial charge on any atom is 0.293 e. The Morgan fingerprint density at radius 2 is 1.90 bits per heavy atom. The summed E-state index contributed by atoms with van der Waals surface area (Å²) in [5.74, 6) is 0. The second kappa shape index (κ2) is 6.83. The van der Waals surface area contributed by atoms with Gasteiger partial charge in [0.1, 0.15) is 5.69 Å². The summed E-state index contributed by atoms with van der Waals surface area (Å²) < 4.78 is 25.1. The Morgan fingerprint density at radius 3 is 2.38 bits per heavy atom. The molecule has 0 aliphatic carbocycles. The molecule has 1 rings (SSSR count). The van der Waals surface area contributed by atoms with Crippen molar-refractivity contribution in [3.8, 4) is 0 Å². The zero-order valence-electron chi connectivity index (χ0n) is 12.5. The van der Waals surface area contributed by atoms with Crippen molar-refractivity contribution in [1.29, 1.82) is 0 Å². The Morgan fingerprint density at radius 1 is 1.29 bits per heavy atom. The number of nitrogens with zero attached hydrogens (tertiary/aromatic N) is 3. The van der Waals surface area contributed by atoms with Gasteiger partial charge in [0.25, 0.3) is 5.69 Å². The molecule has 0 saturated carbocycles. The smallest absolute Gasteiger partial charge is 0.293 e. The number of hydrogen-bond donors (Lipinski definition) is 1. The number of sulfonamides is 1. The highest BCUT2D eigenvalue weighted by molar-refractivity contribution is 7.89. The van der Waals surface area contributed by atoms with Crippen molar-refractivity contribution in [1.82, 2.24) is 9.62 Å². The maximum absolute atomic E-state index is 12.0. The molecular formula is C12H20N4O4S. The van der Waals surface area contributed by atoms with E-state index in [1.54, 1.807) is 19.0 Å². The largest absolute Gasteiger partial charge is 0.368 e. The zero-order valence-corrected chi connectivity index (χ0v) is 13.3. The van der Waals surface area contributed by atoms with E-state index in [0.717, 1.165) is 10.4 Å². The van der Waals surface area contributed by atoms with E-state index in [9.17, 15) is 18.5 Å². The fourth-order valence-electron chi connectivity index (χ4n) is 1.74. The van der Waals surface area contributed by atoms with Gasteiger partial charge in [0.15, 0.2) is 0 Å². The molecule has 0 aliphatic rings. The van der Waals surface area contributed by atoms with E-state index in [0.29, 0.717) is 18.8 Å². The van der Waals surface area contributed by atoms with Gasteiger partial charge in [-0.1, -0.05) is 0 Å². The van der Waals surface area contributed by atoms with Crippen LogP contribution in [0.2, 0.25) is 0 Å². The number of hydrogen-bond acceptors (Lipinski definition) is 6. The van der Waals surface area contributed by atoms with Crippen LogP contribution < -0.4 is 10.2 Å². The maximum atomic E-state index is 12.0. The predicted molar refractivity (Wildman–Crippen MR) is 81.2 cm³/mol. The van der Waals surface area contributed by atoms with Crippen LogP contribution in [0.25, 0.3) is 0 Å². The van der Waals surface area contributed by atoms with E-state index >= 15 is 0 Å². The second-order valence-corrected chi connectivity index (χ2v) is 6.87. The monoisotopic (exact) mass is 316 g/mol. The molecule has 9 heteroatoms. The minimum absolute atomic E-state index is 0.0926. The summed E-state index contributed by atoms with van der Waals surface area (Å²) in [7, 11) is 2.58. The summed E-state index contributed by atoms with van der Waals surface area (Å²) in [5, 5.41) is 14.2. The number of nitrogens with one attached hydrogen (secondary N) is 1. The molecule has 0 amide bonds. The van der Waals surface area contributed by atoms with Crippen molar-refractivity contribution in [2.45, 2.75) is 4.90 Å². The van der Waals surface area contributed by atoms with Crippen LogP contribution >= 0.6 is 0 Å². The van der Waals surface area contributed by atoms with Crippen LogP contribution in [0.5, 0.6) is 0 Å². The van der Waals surface area contributed by atoms with Gasteiger partial charge in [0.05, 0.1) is 9.82 Å². The number of anilines is 1. The zero-order chi connectivity index (χ0) is 16.2. The van der Waals surface area contributed by atoms with E-state index in [2.05, 4.69) is 5.32 Å². The summed E-state index contributed by atoms with van der Waals surface area (Å²) in [5.41, 5.74) is 0.157. The predicted octanol–water partition coefficient (Wildman–Crippen LogP) is 0.501. The average molecular weight is 316 g/mol. The van der Waals surface area contributed by atoms with Crippen LogP contribution in [-0.2, 0) is 10.0 Å². The first-order valence-electron chi connectivity index (χ1n) is 6.28. The highest BCUT2D eigenvalue weighted by atomic mass is 32.2. The fraction of sp³-hybridized carbons (Fsp3) is 0.500. The van der Waals surface area contributed by atoms with Crippen LogP contribution in [0.4, 0.5) is 11.4 Å². The molecule has 1 aromatic carbocycles. The van der Waals surface area contributed by atoms with Crippen LogP contribution in [0.3, 0.4) is 0 Å². The SMILES string of the molecule is CNCCN(C)c1ccc(S(=O)(=O)N(C)C)cc1[N+](=O)[O-]. The third-order valence-electron chi connectivity index (χ3n) is 3.03. The lowest BCUT2D eigenvalue weighted by Gasteiger charge is -2.19. The Balaban J connectivity index is 3.29. The molecule has 1 N–H and O–H groups in total. The summed E-state index contributed by atoms with van der Waals surface area (Å²) in [6.07, 6.45) is 0. The van der Waals surface area contributed by atoms with Crippen molar-refractivity contribution in [2.75, 3.05) is 46.2 Å². The minimum atomic E-state index is -3.69. The van der Waals surface area contributed by atoms with Crippen LogP contribution in [-0.4, -0.2) is 58.9 Å². The quantitative estimate of drug-likeness (QED) is 0.581. The summed E-state index contributed by atoms with van der Waals surface area (Å²) in [6, 6.07) is 3.94. The molecule has 0 heterocycles. The second-order valence-electron chi connectivity index (χ2n) is 4.72. The lowest BCUT2D eigenvalue weighted by atomic mass is 10.2. The van der Waals surface area contributed by atoms with E-state index in [-0.39, 0.29) is 10.6 Å². The standard InChI is InChI=1S/C12H20N4O4S/c1-13-7-8-15(4)11-6-5-10(9-12(11)16(17)18)21(19,20)14(2)3/h5-6,9,13H,7-8H2,1-4H3. The molecule has 0 unspecified atom stereocenters. The fourth-order valence-corrected chi connectivity index (χ4v) is 2.67. The Labute approximate surface area is 124 Å². The summed E-state index contributed by atoms with van der Waals surface area (Å²) >= 11 is 0. The molecule has 0 saturated heterocycles. The number of rotatable bonds is 7. The summed E-state index contributed by atoms with van der Waals surface area (Å²) in [6.45, 7) is 1.22. The lowest BCUT2D eigenvalue weighted by molar-refractivity contribution is -0.384. The average Bonchev–Trinajstić information content (AvgIpc) is 2.43. The van der Waals surface area contributed by atoms with Crippen LogP contribution in [0.1, 0.15) is 0 Å². The molecule has 21 heavy (non-hydrogen) atoms. The molecule has 0 spiro atoms. The third kappa shape index (κ3) is 3.90. The molecule has 0 atom stereocenters. The van der Waals surface area contributed by atoms with Crippen molar-refractivity contribution < 1.29 is 13.3 Å². The molecule has 0 aromatic heterocycles. The molecule has 0 fully saturated rings. The normalized spacial score (nSPS) is 11.7. The van der Waals surface area contributed by atoms with Gasteiger partial charge in [-0.2, -0.15) is 0 Å². The summed E-state index contributed by atoms with van der Waals surface area (Å²) in [4.78, 5) is 12.3. The van der Waals surface area contributed by atoms with Crippen molar-refractivity contribution in [3.63, 3.8) is 0 Å². The first kappa shape index (κ1) is 17.3. The van der Waals surface area contributed by atoms with Gasteiger partial charge in [-0.25, -0.2) is 12.7 Å².